The van der Waals surface area contributed by atoms with Crippen molar-refractivity contribution >= 4 is 5.91 Å². The first-order valence-electron chi connectivity index (χ1n) is 6.30. The van der Waals surface area contributed by atoms with Crippen LogP contribution in [0.2, 0.25) is 0 Å². The molecule has 0 saturated carbocycles. The maximum absolute atomic E-state index is 12.0. The highest BCUT2D eigenvalue weighted by atomic mass is 16.3. The number of amides is 1. The minimum absolute atomic E-state index is 0.222. The molecule has 1 aromatic heterocycles. The number of likely N-dealkylation sites (tertiary alicyclic amines) is 1. The zero-order valence-electron chi connectivity index (χ0n) is 10.1. The Morgan fingerprint density at radius 3 is 3.18 bits per heavy atom. The van der Waals surface area contributed by atoms with Crippen molar-refractivity contribution in [2.45, 2.75) is 25.7 Å². The molecule has 1 aromatic rings. The normalized spacial score (nSPS) is 20.5. The SMILES string of the molecule is NCC1CCCN(C(=O)CCc2ccco2)C1. The largest absolute Gasteiger partial charge is 0.469 e. The molecule has 0 aliphatic carbocycles. The Kier molecular flexibility index (Phi) is 4.20. The van der Waals surface area contributed by atoms with Gasteiger partial charge in [-0.3, -0.25) is 4.79 Å². The number of rotatable bonds is 4. The van der Waals surface area contributed by atoms with Gasteiger partial charge in [0.05, 0.1) is 6.26 Å². The van der Waals surface area contributed by atoms with Crippen LogP contribution in [0.1, 0.15) is 25.0 Å². The summed E-state index contributed by atoms with van der Waals surface area (Å²) in [4.78, 5) is 13.9. The van der Waals surface area contributed by atoms with Crippen LogP contribution >= 0.6 is 0 Å². The predicted molar refractivity (Wildman–Crippen MR) is 65.4 cm³/mol. The average molecular weight is 236 g/mol. The van der Waals surface area contributed by atoms with E-state index in [4.69, 9.17) is 10.2 Å². The van der Waals surface area contributed by atoms with E-state index < -0.39 is 0 Å². The van der Waals surface area contributed by atoms with E-state index in [0.717, 1.165) is 31.7 Å². The minimum atomic E-state index is 0.222. The fourth-order valence-electron chi connectivity index (χ4n) is 2.33. The van der Waals surface area contributed by atoms with Crippen molar-refractivity contribution in [2.75, 3.05) is 19.6 Å². The first-order chi connectivity index (χ1) is 8.29. The molecule has 0 aromatic carbocycles. The van der Waals surface area contributed by atoms with Crippen molar-refractivity contribution < 1.29 is 9.21 Å². The van der Waals surface area contributed by atoms with Crippen molar-refractivity contribution in [3.63, 3.8) is 0 Å². The number of hydrogen-bond donors (Lipinski definition) is 1. The van der Waals surface area contributed by atoms with E-state index in [9.17, 15) is 4.79 Å². The fourth-order valence-corrected chi connectivity index (χ4v) is 2.33. The van der Waals surface area contributed by atoms with E-state index in [1.54, 1.807) is 6.26 Å². The highest BCUT2D eigenvalue weighted by Gasteiger charge is 2.22. The first kappa shape index (κ1) is 12.2. The third kappa shape index (κ3) is 3.33. The summed E-state index contributed by atoms with van der Waals surface area (Å²) in [5.41, 5.74) is 5.66. The summed E-state index contributed by atoms with van der Waals surface area (Å²) in [6.45, 7) is 2.39. The predicted octanol–water partition coefficient (Wildman–Crippen LogP) is 1.41. The standard InChI is InChI=1S/C13H20N2O2/c14-9-11-3-1-7-15(10-11)13(16)6-5-12-4-2-8-17-12/h2,4,8,11H,1,3,5-7,9-10,14H2. The number of aryl methyl sites for hydroxylation is 1. The molecule has 1 saturated heterocycles. The van der Waals surface area contributed by atoms with Gasteiger partial charge in [-0.15, -0.1) is 0 Å². The first-order valence-corrected chi connectivity index (χ1v) is 6.30. The van der Waals surface area contributed by atoms with Crippen LogP contribution in [0.15, 0.2) is 22.8 Å². The van der Waals surface area contributed by atoms with Gasteiger partial charge in [-0.1, -0.05) is 0 Å². The van der Waals surface area contributed by atoms with Gasteiger partial charge in [0, 0.05) is 25.9 Å². The van der Waals surface area contributed by atoms with E-state index in [2.05, 4.69) is 0 Å². The van der Waals surface area contributed by atoms with E-state index >= 15 is 0 Å². The molecule has 2 N–H and O–H groups in total. The molecular formula is C13H20N2O2. The number of carbonyl (C=O) groups excluding carboxylic acids is 1. The van der Waals surface area contributed by atoms with Crippen molar-refractivity contribution in [3.05, 3.63) is 24.2 Å². The summed E-state index contributed by atoms with van der Waals surface area (Å²) in [6.07, 6.45) is 5.10. The smallest absolute Gasteiger partial charge is 0.223 e. The molecule has 1 amide bonds. The molecule has 0 spiro atoms. The van der Waals surface area contributed by atoms with E-state index in [-0.39, 0.29) is 5.91 Å². The van der Waals surface area contributed by atoms with Crippen LogP contribution in [0.25, 0.3) is 0 Å². The number of nitrogens with two attached hydrogens (primary N) is 1. The molecular weight excluding hydrogens is 216 g/mol. The quantitative estimate of drug-likeness (QED) is 0.859. The lowest BCUT2D eigenvalue weighted by Crippen LogP contribution is -2.42. The molecule has 4 heteroatoms. The third-order valence-electron chi connectivity index (χ3n) is 3.37. The highest BCUT2D eigenvalue weighted by molar-refractivity contribution is 5.76. The topological polar surface area (TPSA) is 59.5 Å². The van der Waals surface area contributed by atoms with Crippen LogP contribution < -0.4 is 5.73 Å². The summed E-state index contributed by atoms with van der Waals surface area (Å²) in [6, 6.07) is 3.76. The van der Waals surface area contributed by atoms with Crippen LogP contribution in [-0.2, 0) is 11.2 Å². The summed E-state index contributed by atoms with van der Waals surface area (Å²) in [5, 5.41) is 0. The second-order valence-corrected chi connectivity index (χ2v) is 4.66. The van der Waals surface area contributed by atoms with Crippen LogP contribution in [0.5, 0.6) is 0 Å². The Balaban J connectivity index is 1.79. The van der Waals surface area contributed by atoms with Gasteiger partial charge >= 0.3 is 0 Å². The highest BCUT2D eigenvalue weighted by Crippen LogP contribution is 2.16. The van der Waals surface area contributed by atoms with Gasteiger partial charge in [-0.05, 0) is 37.4 Å². The molecule has 2 heterocycles. The molecule has 1 fully saturated rings. The van der Waals surface area contributed by atoms with Crippen LogP contribution in [0, 0.1) is 5.92 Å². The number of carbonyl (C=O) groups is 1. The van der Waals surface area contributed by atoms with Gasteiger partial charge in [-0.2, -0.15) is 0 Å². The van der Waals surface area contributed by atoms with Crippen LogP contribution in [0.3, 0.4) is 0 Å². The molecule has 4 nitrogen and oxygen atoms in total. The minimum Gasteiger partial charge on any atom is -0.469 e. The second-order valence-electron chi connectivity index (χ2n) is 4.66. The van der Waals surface area contributed by atoms with E-state index in [1.807, 2.05) is 17.0 Å². The molecule has 1 unspecified atom stereocenters. The zero-order chi connectivity index (χ0) is 12.1. The van der Waals surface area contributed by atoms with Crippen LogP contribution in [0.4, 0.5) is 0 Å². The Hall–Kier alpha value is -1.29. The van der Waals surface area contributed by atoms with Crippen molar-refractivity contribution in [1.82, 2.24) is 4.90 Å². The Labute approximate surface area is 102 Å². The lowest BCUT2D eigenvalue weighted by atomic mass is 9.98. The van der Waals surface area contributed by atoms with E-state index in [1.165, 1.54) is 0 Å². The van der Waals surface area contributed by atoms with Crippen molar-refractivity contribution in [3.8, 4) is 0 Å². The number of piperidine rings is 1. The second kappa shape index (κ2) is 5.87. The van der Waals surface area contributed by atoms with Gasteiger partial charge in [0.25, 0.3) is 0 Å². The van der Waals surface area contributed by atoms with Gasteiger partial charge < -0.3 is 15.1 Å². The zero-order valence-corrected chi connectivity index (χ0v) is 10.1. The Bertz CT molecular complexity index is 348. The Morgan fingerprint density at radius 2 is 2.47 bits per heavy atom. The molecule has 94 valence electrons. The third-order valence-corrected chi connectivity index (χ3v) is 3.37. The summed E-state index contributed by atoms with van der Waals surface area (Å²) in [5.74, 6) is 1.58. The maximum Gasteiger partial charge on any atom is 0.223 e. The van der Waals surface area contributed by atoms with Crippen LogP contribution in [-0.4, -0.2) is 30.4 Å². The molecule has 2 rings (SSSR count). The van der Waals surface area contributed by atoms with Gasteiger partial charge in [0.15, 0.2) is 0 Å². The lowest BCUT2D eigenvalue weighted by Gasteiger charge is -2.32. The fraction of sp³-hybridized carbons (Fsp3) is 0.615. The van der Waals surface area contributed by atoms with Gasteiger partial charge in [0.1, 0.15) is 5.76 Å². The summed E-state index contributed by atoms with van der Waals surface area (Å²) < 4.78 is 5.22. The Morgan fingerprint density at radius 1 is 1.59 bits per heavy atom. The summed E-state index contributed by atoms with van der Waals surface area (Å²) in [7, 11) is 0. The van der Waals surface area contributed by atoms with E-state index in [0.29, 0.717) is 25.3 Å². The maximum atomic E-state index is 12.0. The molecule has 1 atom stereocenters. The molecule has 0 bridgehead atoms. The number of nitrogens with zero attached hydrogens (tertiary/aromatic N) is 1. The van der Waals surface area contributed by atoms with Crippen molar-refractivity contribution in [1.29, 1.82) is 0 Å². The van der Waals surface area contributed by atoms with Gasteiger partial charge in [0.2, 0.25) is 5.91 Å². The number of hydrogen-bond acceptors (Lipinski definition) is 3. The molecule has 1 aliphatic heterocycles. The molecule has 1 aliphatic rings. The van der Waals surface area contributed by atoms with Crippen molar-refractivity contribution in [2.24, 2.45) is 11.7 Å². The molecule has 17 heavy (non-hydrogen) atoms. The number of furan rings is 1. The lowest BCUT2D eigenvalue weighted by molar-refractivity contribution is -0.132. The summed E-state index contributed by atoms with van der Waals surface area (Å²) >= 11 is 0. The average Bonchev–Trinajstić information content (AvgIpc) is 2.89. The molecule has 0 radical (unpaired) electrons. The monoisotopic (exact) mass is 236 g/mol. The van der Waals surface area contributed by atoms with Gasteiger partial charge in [-0.25, -0.2) is 0 Å².